The molecule has 1 aliphatic carbocycles. The van der Waals surface area contributed by atoms with E-state index in [1.54, 1.807) is 6.92 Å². The molecule has 1 aromatic rings. The van der Waals surface area contributed by atoms with Gasteiger partial charge in [0.15, 0.2) is 0 Å². The molecule has 2 unspecified atom stereocenters. The fourth-order valence-electron chi connectivity index (χ4n) is 2.26. The highest BCUT2D eigenvalue weighted by molar-refractivity contribution is 7.89. The van der Waals surface area contributed by atoms with Gasteiger partial charge in [0.05, 0.1) is 4.90 Å². The van der Waals surface area contributed by atoms with Crippen LogP contribution in [0.25, 0.3) is 0 Å². The number of halogens is 1. The van der Waals surface area contributed by atoms with Crippen molar-refractivity contribution in [1.82, 2.24) is 4.72 Å². The largest absolute Gasteiger partial charge is 0.326 e. The monoisotopic (exact) mass is 272 g/mol. The second kappa shape index (κ2) is 4.95. The van der Waals surface area contributed by atoms with Crippen molar-refractivity contribution in [3.05, 3.63) is 29.6 Å². The molecular weight excluding hydrogens is 255 g/mol. The number of hydrogen-bond donors (Lipinski definition) is 2. The van der Waals surface area contributed by atoms with Crippen molar-refractivity contribution in [2.24, 2.45) is 5.73 Å². The molecule has 0 aliphatic heterocycles. The molecule has 0 saturated heterocycles. The highest BCUT2D eigenvalue weighted by Gasteiger charge is 2.29. The fourth-order valence-corrected chi connectivity index (χ4v) is 3.84. The van der Waals surface area contributed by atoms with Gasteiger partial charge in [0.25, 0.3) is 0 Å². The first kappa shape index (κ1) is 13.5. The molecule has 2 atom stereocenters. The molecule has 1 fully saturated rings. The van der Waals surface area contributed by atoms with Crippen LogP contribution >= 0.6 is 0 Å². The summed E-state index contributed by atoms with van der Waals surface area (Å²) in [4.78, 5) is -0.0124. The first-order valence-electron chi connectivity index (χ1n) is 5.94. The van der Waals surface area contributed by atoms with Crippen molar-refractivity contribution < 1.29 is 12.8 Å². The second-order valence-electron chi connectivity index (χ2n) is 4.73. The Morgan fingerprint density at radius 3 is 2.72 bits per heavy atom. The van der Waals surface area contributed by atoms with Gasteiger partial charge in [0, 0.05) is 12.1 Å². The Morgan fingerprint density at radius 2 is 2.11 bits per heavy atom. The minimum Gasteiger partial charge on any atom is -0.326 e. The summed E-state index contributed by atoms with van der Waals surface area (Å²) >= 11 is 0. The molecule has 1 aliphatic rings. The average Bonchev–Trinajstić information content (AvgIpc) is 2.67. The zero-order valence-corrected chi connectivity index (χ0v) is 11.0. The van der Waals surface area contributed by atoms with Gasteiger partial charge < -0.3 is 5.73 Å². The zero-order valence-electron chi connectivity index (χ0n) is 10.2. The highest BCUT2D eigenvalue weighted by Crippen LogP contribution is 2.21. The van der Waals surface area contributed by atoms with Gasteiger partial charge in [-0.3, -0.25) is 0 Å². The van der Waals surface area contributed by atoms with Crippen molar-refractivity contribution in [2.45, 2.75) is 43.2 Å². The average molecular weight is 272 g/mol. The van der Waals surface area contributed by atoms with E-state index in [2.05, 4.69) is 4.72 Å². The standard InChI is InChI=1S/C12H17FN2O2S/c1-8-5-6-9(13)7-12(8)18(16,17)15-11-4-2-3-10(11)14/h5-7,10-11,15H,2-4,14H2,1H3. The van der Waals surface area contributed by atoms with Gasteiger partial charge in [-0.05, 0) is 37.5 Å². The maximum absolute atomic E-state index is 13.2. The minimum atomic E-state index is -3.70. The lowest BCUT2D eigenvalue weighted by Gasteiger charge is -2.18. The molecule has 4 nitrogen and oxygen atoms in total. The van der Waals surface area contributed by atoms with E-state index in [4.69, 9.17) is 5.73 Å². The lowest BCUT2D eigenvalue weighted by molar-refractivity contribution is 0.521. The van der Waals surface area contributed by atoms with Crippen LogP contribution < -0.4 is 10.5 Å². The van der Waals surface area contributed by atoms with Gasteiger partial charge in [-0.15, -0.1) is 0 Å². The van der Waals surface area contributed by atoms with Gasteiger partial charge in [0.1, 0.15) is 5.82 Å². The molecular formula is C12H17FN2O2S. The lowest BCUT2D eigenvalue weighted by atomic mass is 10.2. The van der Waals surface area contributed by atoms with Gasteiger partial charge in [-0.2, -0.15) is 0 Å². The van der Waals surface area contributed by atoms with E-state index in [0.717, 1.165) is 25.3 Å². The molecule has 0 aromatic heterocycles. The third-order valence-electron chi connectivity index (χ3n) is 3.32. The van der Waals surface area contributed by atoms with E-state index in [-0.39, 0.29) is 17.0 Å². The van der Waals surface area contributed by atoms with Crippen molar-refractivity contribution in [2.75, 3.05) is 0 Å². The van der Waals surface area contributed by atoms with Gasteiger partial charge in [-0.25, -0.2) is 17.5 Å². The predicted molar refractivity (Wildman–Crippen MR) is 67.1 cm³/mol. The van der Waals surface area contributed by atoms with Crippen LogP contribution in [0.15, 0.2) is 23.1 Å². The summed E-state index contributed by atoms with van der Waals surface area (Å²) in [6.45, 7) is 1.64. The Hall–Kier alpha value is -0.980. The normalized spacial score (nSPS) is 24.4. The maximum atomic E-state index is 13.2. The van der Waals surface area contributed by atoms with Crippen molar-refractivity contribution >= 4 is 10.0 Å². The summed E-state index contributed by atoms with van der Waals surface area (Å²) in [6.07, 6.45) is 2.46. The number of aryl methyl sites for hydroxylation is 1. The fraction of sp³-hybridized carbons (Fsp3) is 0.500. The molecule has 18 heavy (non-hydrogen) atoms. The van der Waals surface area contributed by atoms with Crippen molar-refractivity contribution in [3.8, 4) is 0 Å². The van der Waals surface area contributed by atoms with Crippen molar-refractivity contribution in [1.29, 1.82) is 0 Å². The quantitative estimate of drug-likeness (QED) is 0.871. The number of nitrogens with one attached hydrogen (secondary N) is 1. The zero-order chi connectivity index (χ0) is 13.3. The molecule has 1 aromatic carbocycles. The third-order valence-corrected chi connectivity index (χ3v) is 4.95. The van der Waals surface area contributed by atoms with Crippen LogP contribution in [0.4, 0.5) is 4.39 Å². The van der Waals surface area contributed by atoms with E-state index in [1.807, 2.05) is 0 Å². The first-order valence-corrected chi connectivity index (χ1v) is 7.42. The molecule has 0 amide bonds. The number of hydrogen-bond acceptors (Lipinski definition) is 3. The topological polar surface area (TPSA) is 72.2 Å². The minimum absolute atomic E-state index is 0.0124. The Kier molecular flexibility index (Phi) is 3.70. The second-order valence-corrected chi connectivity index (χ2v) is 6.41. The first-order chi connectivity index (χ1) is 8.40. The summed E-state index contributed by atoms with van der Waals surface area (Å²) < 4.78 is 40.1. The van der Waals surface area contributed by atoms with Crippen LogP contribution in [0, 0.1) is 12.7 Å². The molecule has 0 radical (unpaired) electrons. The van der Waals surface area contributed by atoms with E-state index < -0.39 is 15.8 Å². The summed E-state index contributed by atoms with van der Waals surface area (Å²) in [5.74, 6) is -0.559. The summed E-state index contributed by atoms with van der Waals surface area (Å²) in [6, 6.07) is 3.33. The Labute approximate surface area is 106 Å². The van der Waals surface area contributed by atoms with Gasteiger partial charge in [0.2, 0.25) is 10.0 Å². The Bertz CT molecular complexity index is 545. The number of nitrogens with two attached hydrogens (primary N) is 1. The molecule has 0 bridgehead atoms. The molecule has 100 valence electrons. The Morgan fingerprint density at radius 1 is 1.39 bits per heavy atom. The predicted octanol–water partition coefficient (Wildman–Crippen LogP) is 1.29. The molecule has 2 rings (SSSR count). The van der Waals surface area contributed by atoms with Crippen LogP contribution in [-0.2, 0) is 10.0 Å². The number of sulfonamides is 1. The van der Waals surface area contributed by atoms with Crippen molar-refractivity contribution in [3.63, 3.8) is 0 Å². The van der Waals surface area contributed by atoms with E-state index in [9.17, 15) is 12.8 Å². The molecule has 6 heteroatoms. The summed E-state index contributed by atoms with van der Waals surface area (Å²) in [5, 5.41) is 0. The SMILES string of the molecule is Cc1ccc(F)cc1S(=O)(=O)NC1CCCC1N. The number of benzene rings is 1. The molecule has 1 saturated carbocycles. The molecule has 3 N–H and O–H groups in total. The van der Waals surface area contributed by atoms with E-state index in [0.29, 0.717) is 5.56 Å². The highest BCUT2D eigenvalue weighted by atomic mass is 32.2. The molecule has 0 spiro atoms. The maximum Gasteiger partial charge on any atom is 0.241 e. The summed E-state index contributed by atoms with van der Waals surface area (Å²) in [7, 11) is -3.70. The van der Waals surface area contributed by atoms with Gasteiger partial charge in [-0.1, -0.05) is 12.5 Å². The van der Waals surface area contributed by atoms with Crippen LogP contribution in [0.3, 0.4) is 0 Å². The van der Waals surface area contributed by atoms with E-state index >= 15 is 0 Å². The van der Waals surface area contributed by atoms with Crippen LogP contribution in [0.2, 0.25) is 0 Å². The third kappa shape index (κ3) is 2.71. The van der Waals surface area contributed by atoms with Crippen LogP contribution in [0.1, 0.15) is 24.8 Å². The summed E-state index contributed by atoms with van der Waals surface area (Å²) in [5.41, 5.74) is 6.35. The van der Waals surface area contributed by atoms with E-state index in [1.165, 1.54) is 12.1 Å². The Balaban J connectivity index is 2.28. The van der Waals surface area contributed by atoms with Gasteiger partial charge >= 0.3 is 0 Å². The number of rotatable bonds is 3. The van der Waals surface area contributed by atoms with Crippen LogP contribution in [-0.4, -0.2) is 20.5 Å². The molecule has 0 heterocycles. The smallest absolute Gasteiger partial charge is 0.241 e. The lowest BCUT2D eigenvalue weighted by Crippen LogP contribution is -2.44. The van der Waals surface area contributed by atoms with Crippen LogP contribution in [0.5, 0.6) is 0 Å².